The first-order valence-corrected chi connectivity index (χ1v) is 10.5. The molecule has 0 radical (unpaired) electrons. The van der Waals surface area contributed by atoms with Crippen LogP contribution < -0.4 is 0 Å². The highest BCUT2D eigenvalue weighted by Crippen LogP contribution is 2.29. The van der Waals surface area contributed by atoms with Crippen molar-refractivity contribution in [1.82, 2.24) is 0 Å². The smallest absolute Gasteiger partial charge is 0.104 e. The number of hydrogen-bond donors (Lipinski definition) is 0. The van der Waals surface area contributed by atoms with E-state index in [1.165, 1.54) is 25.7 Å². The lowest BCUT2D eigenvalue weighted by Gasteiger charge is -2.28. The molecule has 0 spiro atoms. The third-order valence-corrected chi connectivity index (χ3v) is 5.61. The van der Waals surface area contributed by atoms with Crippen LogP contribution >= 0.6 is 0 Å². The first-order valence-electron chi connectivity index (χ1n) is 10.5. The van der Waals surface area contributed by atoms with Gasteiger partial charge in [0.1, 0.15) is 24.4 Å². The maximum Gasteiger partial charge on any atom is 0.104 e. The molecule has 0 aromatic rings. The summed E-state index contributed by atoms with van der Waals surface area (Å²) in [7, 11) is 0. The van der Waals surface area contributed by atoms with Crippen molar-refractivity contribution in [1.29, 1.82) is 0 Å². The fourth-order valence-electron chi connectivity index (χ4n) is 3.51. The zero-order chi connectivity index (χ0) is 18.3. The van der Waals surface area contributed by atoms with Crippen LogP contribution in [0.3, 0.4) is 0 Å². The third kappa shape index (κ3) is 8.31. The Labute approximate surface area is 161 Å². The lowest BCUT2D eigenvalue weighted by atomic mass is 9.83. The lowest BCUT2D eigenvalue weighted by molar-refractivity contribution is -0.0712. The van der Waals surface area contributed by atoms with Crippen LogP contribution in [0.4, 0.5) is 0 Å². The second kappa shape index (κ2) is 10.5. The summed E-state index contributed by atoms with van der Waals surface area (Å²) in [5.74, 6) is 1.36. The Hall–Kier alpha value is -0.280. The molecular weight excluding hydrogens is 352 g/mol. The van der Waals surface area contributed by atoms with Crippen molar-refractivity contribution in [2.45, 2.75) is 50.1 Å². The van der Waals surface area contributed by atoms with Crippen molar-refractivity contribution >= 4 is 0 Å². The zero-order valence-corrected chi connectivity index (χ0v) is 16.2. The molecule has 4 fully saturated rings. The van der Waals surface area contributed by atoms with E-state index in [4.69, 9.17) is 33.2 Å². The maximum atomic E-state index is 5.99. The van der Waals surface area contributed by atoms with Crippen molar-refractivity contribution < 1.29 is 33.2 Å². The van der Waals surface area contributed by atoms with E-state index in [-0.39, 0.29) is 18.3 Å². The SMILES string of the molecule is C1CC(COCC2CO2)CCC1COCC(COCC1CO1)OCC1CO1. The van der Waals surface area contributed by atoms with Crippen LogP contribution in [-0.2, 0) is 33.2 Å². The normalized spacial score (nSPS) is 35.8. The van der Waals surface area contributed by atoms with Crippen molar-refractivity contribution in [3.8, 4) is 0 Å². The molecule has 7 heteroatoms. The van der Waals surface area contributed by atoms with Crippen LogP contribution in [0.25, 0.3) is 0 Å². The summed E-state index contributed by atoms with van der Waals surface area (Å²) in [4.78, 5) is 0. The summed E-state index contributed by atoms with van der Waals surface area (Å²) in [6, 6.07) is 0. The minimum atomic E-state index is -0.0256. The van der Waals surface area contributed by atoms with Crippen LogP contribution in [0.2, 0.25) is 0 Å². The van der Waals surface area contributed by atoms with Gasteiger partial charge in [0, 0.05) is 13.2 Å². The highest BCUT2D eigenvalue weighted by atomic mass is 16.6. The van der Waals surface area contributed by atoms with Crippen molar-refractivity contribution in [2.75, 3.05) is 66.1 Å². The van der Waals surface area contributed by atoms with Crippen LogP contribution in [0, 0.1) is 11.8 Å². The van der Waals surface area contributed by atoms with E-state index in [0.29, 0.717) is 44.4 Å². The van der Waals surface area contributed by atoms with E-state index in [0.717, 1.165) is 39.6 Å². The van der Waals surface area contributed by atoms with Gasteiger partial charge < -0.3 is 33.2 Å². The molecule has 3 saturated heterocycles. The van der Waals surface area contributed by atoms with Gasteiger partial charge >= 0.3 is 0 Å². The molecular formula is C20H34O7. The van der Waals surface area contributed by atoms with Gasteiger partial charge in [-0.2, -0.15) is 0 Å². The number of epoxide rings is 3. The Bertz CT molecular complexity index is 415. The summed E-state index contributed by atoms with van der Waals surface area (Å²) >= 11 is 0. The fraction of sp³-hybridized carbons (Fsp3) is 1.00. The summed E-state index contributed by atoms with van der Waals surface area (Å²) in [5.41, 5.74) is 0. The molecule has 7 nitrogen and oxygen atoms in total. The minimum absolute atomic E-state index is 0.0256. The summed E-state index contributed by atoms with van der Waals surface area (Å²) in [6.45, 7) is 7.40. The molecule has 1 saturated carbocycles. The third-order valence-electron chi connectivity index (χ3n) is 5.61. The Balaban J connectivity index is 1.05. The van der Waals surface area contributed by atoms with E-state index in [1.54, 1.807) is 0 Å². The molecule has 1 aliphatic carbocycles. The topological polar surface area (TPSA) is 74.5 Å². The largest absolute Gasteiger partial charge is 0.378 e. The zero-order valence-electron chi connectivity index (χ0n) is 16.2. The van der Waals surface area contributed by atoms with Gasteiger partial charge in [-0.1, -0.05) is 0 Å². The summed E-state index contributed by atoms with van der Waals surface area (Å²) in [5, 5.41) is 0. The second-order valence-corrected chi connectivity index (χ2v) is 8.32. The highest BCUT2D eigenvalue weighted by molar-refractivity contribution is 4.74. The Morgan fingerprint density at radius 3 is 1.59 bits per heavy atom. The maximum absolute atomic E-state index is 5.99. The van der Waals surface area contributed by atoms with Gasteiger partial charge in [0.05, 0.1) is 52.9 Å². The predicted molar refractivity (Wildman–Crippen MR) is 96.9 cm³/mol. The predicted octanol–water partition coefficient (Wildman–Crippen LogP) is 1.42. The fourth-order valence-corrected chi connectivity index (χ4v) is 3.51. The van der Waals surface area contributed by atoms with Gasteiger partial charge in [0.2, 0.25) is 0 Å². The van der Waals surface area contributed by atoms with E-state index < -0.39 is 0 Å². The van der Waals surface area contributed by atoms with Gasteiger partial charge in [0.25, 0.3) is 0 Å². The monoisotopic (exact) mass is 386 g/mol. The molecule has 156 valence electrons. The molecule has 3 aliphatic heterocycles. The standard InChI is InChI=1S/C20H34O7/c1-3-16(6-22-9-18-11-25-18)4-2-15(1)5-21-7-17(24-13-20-14-27-20)8-23-10-19-12-26-19/h15-20H,1-14H2. The van der Waals surface area contributed by atoms with Crippen LogP contribution in [0.15, 0.2) is 0 Å². The van der Waals surface area contributed by atoms with Gasteiger partial charge in [-0.25, -0.2) is 0 Å². The second-order valence-electron chi connectivity index (χ2n) is 8.32. The number of rotatable bonds is 15. The summed E-state index contributed by atoms with van der Waals surface area (Å²) < 4.78 is 38.9. The van der Waals surface area contributed by atoms with Crippen LogP contribution in [0.1, 0.15) is 25.7 Å². The number of ether oxygens (including phenoxy) is 7. The first-order chi connectivity index (χ1) is 13.3. The molecule has 4 atom stereocenters. The lowest BCUT2D eigenvalue weighted by Crippen LogP contribution is -2.30. The van der Waals surface area contributed by atoms with Crippen molar-refractivity contribution in [2.24, 2.45) is 11.8 Å². The number of hydrogen-bond acceptors (Lipinski definition) is 7. The quantitative estimate of drug-likeness (QED) is 0.394. The van der Waals surface area contributed by atoms with E-state index in [1.807, 2.05) is 0 Å². The first kappa shape index (κ1) is 20.0. The molecule has 0 N–H and O–H groups in total. The van der Waals surface area contributed by atoms with E-state index in [2.05, 4.69) is 0 Å². The molecule has 4 unspecified atom stereocenters. The van der Waals surface area contributed by atoms with Gasteiger partial charge in [-0.15, -0.1) is 0 Å². The highest BCUT2D eigenvalue weighted by Gasteiger charge is 2.27. The van der Waals surface area contributed by atoms with Crippen LogP contribution in [-0.4, -0.2) is 90.5 Å². The molecule has 4 rings (SSSR count). The molecule has 3 heterocycles. The van der Waals surface area contributed by atoms with Crippen LogP contribution in [0.5, 0.6) is 0 Å². The van der Waals surface area contributed by atoms with Crippen molar-refractivity contribution in [3.63, 3.8) is 0 Å². The van der Waals surface area contributed by atoms with E-state index in [9.17, 15) is 0 Å². The molecule has 0 amide bonds. The van der Waals surface area contributed by atoms with Crippen molar-refractivity contribution in [3.05, 3.63) is 0 Å². The molecule has 4 aliphatic rings. The molecule has 0 aromatic heterocycles. The molecule has 0 aromatic carbocycles. The minimum Gasteiger partial charge on any atom is -0.378 e. The Morgan fingerprint density at radius 2 is 1.04 bits per heavy atom. The van der Waals surface area contributed by atoms with Gasteiger partial charge in [0.15, 0.2) is 0 Å². The molecule has 27 heavy (non-hydrogen) atoms. The Kier molecular flexibility index (Phi) is 7.77. The molecule has 0 bridgehead atoms. The van der Waals surface area contributed by atoms with Gasteiger partial charge in [-0.05, 0) is 37.5 Å². The Morgan fingerprint density at radius 1 is 0.593 bits per heavy atom. The van der Waals surface area contributed by atoms with Gasteiger partial charge in [-0.3, -0.25) is 0 Å². The summed E-state index contributed by atoms with van der Waals surface area (Å²) in [6.07, 6.45) is 5.83. The van der Waals surface area contributed by atoms with E-state index >= 15 is 0 Å². The average molecular weight is 386 g/mol. The average Bonchev–Trinajstić information content (AvgIpc) is 3.54.